The fourth-order valence-corrected chi connectivity index (χ4v) is 4.71. The molecule has 3 aromatic rings. The predicted molar refractivity (Wildman–Crippen MR) is 147 cm³/mol. The molecule has 1 saturated heterocycles. The summed E-state index contributed by atoms with van der Waals surface area (Å²) in [7, 11) is 1.56. The number of hydrogen-bond donors (Lipinski definition) is 2. The maximum atomic E-state index is 13.4. The van der Waals surface area contributed by atoms with Crippen LogP contribution in [0.3, 0.4) is 0 Å². The summed E-state index contributed by atoms with van der Waals surface area (Å²) in [6.45, 7) is 5.99. The molecule has 0 bridgehead atoms. The lowest BCUT2D eigenvalue weighted by molar-refractivity contribution is -0.142. The lowest BCUT2D eigenvalue weighted by atomic mass is 9.93. The molecule has 0 radical (unpaired) electrons. The van der Waals surface area contributed by atoms with E-state index in [1.54, 1.807) is 68.6 Å². The first-order chi connectivity index (χ1) is 18.7. The average Bonchev–Trinajstić information content (AvgIpc) is 3.19. The molecule has 3 aromatic carbocycles. The summed E-state index contributed by atoms with van der Waals surface area (Å²) in [5.41, 5.74) is 2.79. The molecule has 1 atom stereocenters. The van der Waals surface area contributed by atoms with Crippen LogP contribution in [0.4, 0.5) is 5.69 Å². The Kier molecular flexibility index (Phi) is 8.04. The second kappa shape index (κ2) is 11.4. The number of methoxy groups -OCH3 is 1. The fraction of sp³-hybridized carbons (Fsp3) is 0.258. The van der Waals surface area contributed by atoms with Gasteiger partial charge in [0.1, 0.15) is 17.3 Å². The van der Waals surface area contributed by atoms with Crippen LogP contribution in [0.5, 0.6) is 11.5 Å². The maximum absolute atomic E-state index is 13.4. The second-order valence-corrected chi connectivity index (χ2v) is 9.52. The van der Waals surface area contributed by atoms with Gasteiger partial charge >= 0.3 is 5.97 Å². The van der Waals surface area contributed by atoms with E-state index in [1.807, 2.05) is 13.8 Å². The monoisotopic (exact) mass is 529 g/mol. The second-order valence-electron chi connectivity index (χ2n) is 9.52. The van der Waals surface area contributed by atoms with Crippen molar-refractivity contribution < 1.29 is 34.1 Å². The molecule has 1 aliphatic heterocycles. The van der Waals surface area contributed by atoms with Gasteiger partial charge in [0.25, 0.3) is 11.7 Å². The molecule has 39 heavy (non-hydrogen) atoms. The summed E-state index contributed by atoms with van der Waals surface area (Å²) in [6, 6.07) is 17.0. The molecule has 1 unspecified atom stereocenters. The number of ether oxygens (including phenoxy) is 2. The number of phenolic OH excluding ortho intramolecular Hbond substituents is 1. The Morgan fingerprint density at radius 3 is 2.26 bits per heavy atom. The Labute approximate surface area is 227 Å². The van der Waals surface area contributed by atoms with Crippen molar-refractivity contribution in [2.24, 2.45) is 0 Å². The third kappa shape index (κ3) is 5.50. The Bertz CT molecular complexity index is 1420. The van der Waals surface area contributed by atoms with Crippen LogP contribution in [-0.4, -0.2) is 41.6 Å². The van der Waals surface area contributed by atoms with Crippen LogP contribution in [0.15, 0.2) is 72.3 Å². The number of phenols is 1. The maximum Gasteiger partial charge on any atom is 0.310 e. The smallest absolute Gasteiger partial charge is 0.310 e. The summed E-state index contributed by atoms with van der Waals surface area (Å²) in [6.07, 6.45) is 0.0734. The largest absolute Gasteiger partial charge is 0.508 e. The summed E-state index contributed by atoms with van der Waals surface area (Å²) in [4.78, 5) is 40.0. The number of nitrogens with zero attached hydrogens (tertiary/aromatic N) is 1. The number of hydrogen-bond acceptors (Lipinski definition) is 7. The van der Waals surface area contributed by atoms with Gasteiger partial charge in [0.2, 0.25) is 0 Å². The minimum Gasteiger partial charge on any atom is -0.508 e. The Morgan fingerprint density at radius 1 is 1.00 bits per heavy atom. The van der Waals surface area contributed by atoms with Gasteiger partial charge in [0.15, 0.2) is 0 Å². The topological polar surface area (TPSA) is 113 Å². The van der Waals surface area contributed by atoms with E-state index in [-0.39, 0.29) is 42.0 Å². The Morgan fingerprint density at radius 2 is 1.67 bits per heavy atom. The number of aliphatic hydroxyl groups excluding tert-OH is 1. The quantitative estimate of drug-likeness (QED) is 0.177. The highest BCUT2D eigenvalue weighted by Crippen LogP contribution is 2.43. The highest BCUT2D eigenvalue weighted by molar-refractivity contribution is 6.51. The number of carbonyl (C=O) groups is 3. The molecular weight excluding hydrogens is 498 g/mol. The first-order valence-corrected chi connectivity index (χ1v) is 12.7. The number of aromatic hydroxyl groups is 1. The molecular formula is C31H31NO7. The van der Waals surface area contributed by atoms with Gasteiger partial charge in [-0.3, -0.25) is 19.3 Å². The molecule has 8 heteroatoms. The molecule has 1 heterocycles. The summed E-state index contributed by atoms with van der Waals surface area (Å²) >= 11 is 0. The number of aliphatic hydroxyl groups is 1. The number of ketones is 1. The van der Waals surface area contributed by atoms with Crippen molar-refractivity contribution in [3.8, 4) is 11.5 Å². The van der Waals surface area contributed by atoms with Crippen molar-refractivity contribution in [1.82, 2.24) is 0 Å². The fourth-order valence-electron chi connectivity index (χ4n) is 4.71. The molecule has 202 valence electrons. The molecule has 1 amide bonds. The zero-order valence-corrected chi connectivity index (χ0v) is 22.3. The van der Waals surface area contributed by atoms with Crippen LogP contribution in [0, 0.1) is 0 Å². The van der Waals surface area contributed by atoms with Gasteiger partial charge in [0, 0.05) is 11.3 Å². The van der Waals surface area contributed by atoms with E-state index in [1.165, 1.54) is 17.0 Å². The van der Waals surface area contributed by atoms with Gasteiger partial charge in [-0.2, -0.15) is 0 Å². The van der Waals surface area contributed by atoms with Gasteiger partial charge in [-0.05, 0) is 72.0 Å². The van der Waals surface area contributed by atoms with E-state index < -0.39 is 17.7 Å². The molecule has 4 rings (SSSR count). The van der Waals surface area contributed by atoms with Crippen LogP contribution in [0.2, 0.25) is 0 Å². The number of rotatable bonds is 8. The Balaban J connectivity index is 1.84. The standard InChI is InChI=1S/C31H31NO7/c1-5-39-26(34)16-19-6-11-22(12-7-19)32-28(20-8-13-23(33)14-9-20)27(30(36)31(32)37)29(35)21-10-15-25(38-4)24(17-21)18(2)3/h6-15,17-18,28,33,35H,5,16H2,1-4H3/b29-27-. The first-order valence-electron chi connectivity index (χ1n) is 12.7. The van der Waals surface area contributed by atoms with Gasteiger partial charge in [-0.15, -0.1) is 0 Å². The Hall–Kier alpha value is -4.59. The van der Waals surface area contributed by atoms with Gasteiger partial charge < -0.3 is 19.7 Å². The molecule has 0 aromatic heterocycles. The number of esters is 1. The number of carbonyl (C=O) groups excluding carboxylic acids is 3. The van der Waals surface area contributed by atoms with E-state index in [4.69, 9.17) is 9.47 Å². The third-order valence-electron chi connectivity index (χ3n) is 6.65. The molecule has 1 fully saturated rings. The molecule has 1 aliphatic rings. The summed E-state index contributed by atoms with van der Waals surface area (Å²) < 4.78 is 10.5. The molecule has 0 saturated carbocycles. The van der Waals surface area contributed by atoms with Crippen molar-refractivity contribution in [2.45, 2.75) is 39.2 Å². The van der Waals surface area contributed by atoms with Crippen LogP contribution in [-0.2, 0) is 25.5 Å². The first kappa shape index (κ1) is 27.4. The number of Topliss-reactive ketones (excluding diaryl/α,β-unsaturated/α-hetero) is 1. The molecule has 0 spiro atoms. The highest BCUT2D eigenvalue weighted by atomic mass is 16.5. The molecule has 0 aliphatic carbocycles. The zero-order valence-electron chi connectivity index (χ0n) is 22.3. The zero-order chi connectivity index (χ0) is 28.3. The molecule has 8 nitrogen and oxygen atoms in total. The van der Waals surface area contributed by atoms with Gasteiger partial charge in [-0.25, -0.2) is 0 Å². The van der Waals surface area contributed by atoms with Gasteiger partial charge in [-0.1, -0.05) is 38.1 Å². The number of amides is 1. The highest BCUT2D eigenvalue weighted by Gasteiger charge is 2.47. The van der Waals surface area contributed by atoms with E-state index >= 15 is 0 Å². The molecule has 2 N–H and O–H groups in total. The van der Waals surface area contributed by atoms with Gasteiger partial charge in [0.05, 0.1) is 31.8 Å². The SMILES string of the molecule is CCOC(=O)Cc1ccc(N2C(=O)C(=O)/C(=C(\O)c3ccc(OC)c(C(C)C)c3)C2c2ccc(O)cc2)cc1. The van der Waals surface area contributed by atoms with Crippen LogP contribution in [0.25, 0.3) is 5.76 Å². The lowest BCUT2D eigenvalue weighted by Crippen LogP contribution is -2.29. The van der Waals surface area contributed by atoms with Crippen molar-refractivity contribution in [1.29, 1.82) is 0 Å². The number of benzene rings is 3. The summed E-state index contributed by atoms with van der Waals surface area (Å²) in [5, 5.41) is 21.3. The van der Waals surface area contributed by atoms with Crippen molar-refractivity contribution in [3.05, 3.63) is 94.6 Å². The van der Waals surface area contributed by atoms with Crippen molar-refractivity contribution >= 4 is 29.1 Å². The van der Waals surface area contributed by atoms with E-state index in [0.717, 1.165) is 5.56 Å². The van der Waals surface area contributed by atoms with Crippen LogP contribution in [0.1, 0.15) is 55.0 Å². The lowest BCUT2D eigenvalue weighted by Gasteiger charge is -2.25. The van der Waals surface area contributed by atoms with E-state index in [0.29, 0.717) is 28.1 Å². The normalized spacial score (nSPS) is 16.5. The summed E-state index contributed by atoms with van der Waals surface area (Å²) in [5.74, 6) is -1.55. The third-order valence-corrected chi connectivity index (χ3v) is 6.65. The predicted octanol–water partition coefficient (Wildman–Crippen LogP) is 5.26. The number of anilines is 1. The van der Waals surface area contributed by atoms with Crippen molar-refractivity contribution in [3.63, 3.8) is 0 Å². The minimum absolute atomic E-state index is 0.0238. The van der Waals surface area contributed by atoms with Crippen molar-refractivity contribution in [2.75, 3.05) is 18.6 Å². The van der Waals surface area contributed by atoms with E-state index in [9.17, 15) is 24.6 Å². The average molecular weight is 530 g/mol. The van der Waals surface area contributed by atoms with E-state index in [2.05, 4.69) is 0 Å². The van der Waals surface area contributed by atoms with Crippen LogP contribution < -0.4 is 9.64 Å². The van der Waals surface area contributed by atoms with Crippen LogP contribution >= 0.6 is 0 Å². The minimum atomic E-state index is -0.953.